The Morgan fingerprint density at radius 3 is 2.29 bits per heavy atom. The highest BCUT2D eigenvalue weighted by atomic mass is 32.2. The van der Waals surface area contributed by atoms with Crippen LogP contribution in [0.5, 0.6) is 0 Å². The summed E-state index contributed by atoms with van der Waals surface area (Å²) in [6.45, 7) is 1.44. The quantitative estimate of drug-likeness (QED) is 0.751. The summed E-state index contributed by atoms with van der Waals surface area (Å²) in [7, 11) is -6.84. The van der Waals surface area contributed by atoms with E-state index in [-0.39, 0.29) is 23.0 Å². The second kappa shape index (κ2) is 4.62. The molecule has 1 aromatic carbocycles. The fourth-order valence-electron chi connectivity index (χ4n) is 2.95. The third kappa shape index (κ3) is 2.31. The van der Waals surface area contributed by atoms with Crippen LogP contribution in [-0.4, -0.2) is 50.5 Å². The number of sulfonamides is 1. The molecule has 6 nitrogen and oxygen atoms in total. The predicted octanol–water partition coefficient (Wildman–Crippen LogP) is 0.449. The Morgan fingerprint density at radius 1 is 1.24 bits per heavy atom. The van der Waals surface area contributed by atoms with E-state index in [2.05, 4.69) is 0 Å². The third-order valence-electron chi connectivity index (χ3n) is 4.13. The highest BCUT2D eigenvalue weighted by Crippen LogP contribution is 2.36. The van der Waals surface area contributed by atoms with Crippen molar-refractivity contribution >= 4 is 25.6 Å². The molecule has 0 spiro atoms. The number of nitrogens with zero attached hydrogens (tertiary/aromatic N) is 1. The topological polar surface area (TPSA) is 88.6 Å². The Kier molecular flexibility index (Phi) is 3.23. The van der Waals surface area contributed by atoms with Crippen LogP contribution in [0.4, 0.5) is 0 Å². The molecule has 0 saturated carbocycles. The standard InChI is InChI=1S/C13H15NO5S2/c1-9(15)10-2-4-12(5-3-10)21(18,19)14-7-13-6-11(14)8-20(13,16)17/h2-5,11,13H,6-8H2,1H3. The zero-order chi connectivity index (χ0) is 15.4. The number of benzene rings is 1. The lowest BCUT2D eigenvalue weighted by Crippen LogP contribution is -2.43. The van der Waals surface area contributed by atoms with Crippen molar-refractivity contribution in [2.45, 2.75) is 29.5 Å². The van der Waals surface area contributed by atoms with Crippen LogP contribution in [-0.2, 0) is 19.9 Å². The third-order valence-corrected chi connectivity index (χ3v) is 8.27. The monoisotopic (exact) mass is 329 g/mol. The number of carbonyl (C=O) groups is 1. The summed E-state index contributed by atoms with van der Waals surface area (Å²) in [5.74, 6) is -0.229. The van der Waals surface area contributed by atoms with Crippen molar-refractivity contribution in [2.75, 3.05) is 12.3 Å². The average molecular weight is 329 g/mol. The molecule has 0 amide bonds. The van der Waals surface area contributed by atoms with Crippen molar-refractivity contribution in [3.05, 3.63) is 29.8 Å². The van der Waals surface area contributed by atoms with Crippen LogP contribution in [0.2, 0.25) is 0 Å². The van der Waals surface area contributed by atoms with Gasteiger partial charge in [-0.05, 0) is 25.5 Å². The van der Waals surface area contributed by atoms with Gasteiger partial charge in [-0.3, -0.25) is 4.79 Å². The Hall–Kier alpha value is -1.25. The number of hydrogen-bond donors (Lipinski definition) is 0. The second-order valence-corrected chi connectivity index (χ2v) is 9.71. The van der Waals surface area contributed by atoms with Crippen molar-refractivity contribution in [3.8, 4) is 0 Å². The molecule has 2 heterocycles. The van der Waals surface area contributed by atoms with Gasteiger partial charge in [0.25, 0.3) is 0 Å². The molecule has 8 heteroatoms. The highest BCUT2D eigenvalue weighted by molar-refractivity contribution is 7.93. The molecule has 114 valence electrons. The van der Waals surface area contributed by atoms with E-state index >= 15 is 0 Å². The lowest BCUT2D eigenvalue weighted by molar-refractivity contribution is 0.101. The largest absolute Gasteiger partial charge is 0.295 e. The molecule has 2 unspecified atom stereocenters. The van der Waals surface area contributed by atoms with E-state index in [1.54, 1.807) is 0 Å². The van der Waals surface area contributed by atoms with Gasteiger partial charge in [0.1, 0.15) is 0 Å². The number of sulfone groups is 1. The summed E-state index contributed by atoms with van der Waals surface area (Å²) in [6, 6.07) is 5.28. The maximum atomic E-state index is 12.6. The molecule has 2 fully saturated rings. The summed E-state index contributed by atoms with van der Waals surface area (Å²) in [4.78, 5) is 11.3. The first kappa shape index (κ1) is 14.7. The summed E-state index contributed by atoms with van der Waals surface area (Å²) in [5, 5.41) is -0.575. The minimum Gasteiger partial charge on any atom is -0.295 e. The first-order chi connectivity index (χ1) is 9.72. The molecule has 2 bridgehead atoms. The zero-order valence-electron chi connectivity index (χ0n) is 11.4. The number of hydrogen-bond acceptors (Lipinski definition) is 5. The zero-order valence-corrected chi connectivity index (χ0v) is 13.0. The fraction of sp³-hybridized carbons (Fsp3) is 0.462. The number of ketones is 1. The molecule has 3 rings (SSSR count). The van der Waals surface area contributed by atoms with Crippen LogP contribution in [0.15, 0.2) is 29.2 Å². The van der Waals surface area contributed by atoms with Gasteiger partial charge in [0.05, 0.1) is 15.9 Å². The van der Waals surface area contributed by atoms with Crippen molar-refractivity contribution in [1.29, 1.82) is 0 Å². The second-order valence-electron chi connectivity index (χ2n) is 5.50. The maximum Gasteiger partial charge on any atom is 0.243 e. The molecule has 2 atom stereocenters. The molecule has 0 N–H and O–H groups in total. The lowest BCUT2D eigenvalue weighted by atomic mass is 10.2. The SMILES string of the molecule is CC(=O)c1ccc(S(=O)(=O)N2CC3CC2CS3(=O)=O)cc1. The predicted molar refractivity (Wildman–Crippen MR) is 76.3 cm³/mol. The minimum absolute atomic E-state index is 0.0315. The van der Waals surface area contributed by atoms with Gasteiger partial charge >= 0.3 is 0 Å². The van der Waals surface area contributed by atoms with E-state index in [4.69, 9.17) is 0 Å². The van der Waals surface area contributed by atoms with Crippen LogP contribution in [0, 0.1) is 0 Å². The van der Waals surface area contributed by atoms with Crippen molar-refractivity contribution < 1.29 is 21.6 Å². The van der Waals surface area contributed by atoms with E-state index in [0.29, 0.717) is 12.0 Å². The van der Waals surface area contributed by atoms with Gasteiger partial charge in [0, 0.05) is 18.2 Å². The molecule has 0 aromatic heterocycles. The number of fused-ring (bicyclic) bond motifs is 2. The molecule has 0 radical (unpaired) electrons. The van der Waals surface area contributed by atoms with Gasteiger partial charge < -0.3 is 0 Å². The molecule has 2 saturated heterocycles. The van der Waals surface area contributed by atoms with E-state index in [1.807, 2.05) is 0 Å². The number of carbonyl (C=O) groups excluding carboxylic acids is 1. The van der Waals surface area contributed by atoms with E-state index in [9.17, 15) is 21.6 Å². The lowest BCUT2D eigenvalue weighted by Gasteiger charge is -2.26. The van der Waals surface area contributed by atoms with Crippen molar-refractivity contribution in [1.82, 2.24) is 4.31 Å². The summed E-state index contributed by atoms with van der Waals surface area (Å²) in [5.41, 5.74) is 0.444. The Labute approximate surface area is 123 Å². The summed E-state index contributed by atoms with van der Waals surface area (Å²) in [6.07, 6.45) is 0.382. The van der Waals surface area contributed by atoms with Gasteiger partial charge in [-0.15, -0.1) is 0 Å². The van der Waals surface area contributed by atoms with Gasteiger partial charge in [0.2, 0.25) is 10.0 Å². The van der Waals surface area contributed by atoms with Gasteiger partial charge in [-0.25, -0.2) is 16.8 Å². The van der Waals surface area contributed by atoms with Crippen LogP contribution < -0.4 is 0 Å². The van der Waals surface area contributed by atoms with Crippen molar-refractivity contribution in [2.24, 2.45) is 0 Å². The van der Waals surface area contributed by atoms with Crippen LogP contribution in [0.25, 0.3) is 0 Å². The van der Waals surface area contributed by atoms with Crippen LogP contribution in [0.3, 0.4) is 0 Å². The molecular formula is C13H15NO5S2. The Balaban J connectivity index is 1.91. The summed E-state index contributed by atoms with van der Waals surface area (Å²) >= 11 is 0. The highest BCUT2D eigenvalue weighted by Gasteiger charge is 2.52. The molecule has 1 aromatic rings. The van der Waals surface area contributed by atoms with E-state index in [1.165, 1.54) is 35.5 Å². The van der Waals surface area contributed by atoms with Crippen molar-refractivity contribution in [3.63, 3.8) is 0 Å². The van der Waals surface area contributed by atoms with E-state index in [0.717, 1.165) is 0 Å². The normalized spacial score (nSPS) is 27.9. The molecule has 21 heavy (non-hydrogen) atoms. The first-order valence-electron chi connectivity index (χ1n) is 6.56. The van der Waals surface area contributed by atoms with Gasteiger partial charge in [-0.2, -0.15) is 4.31 Å². The average Bonchev–Trinajstić information content (AvgIpc) is 2.94. The summed E-state index contributed by atoms with van der Waals surface area (Å²) < 4.78 is 49.8. The minimum atomic E-state index is -3.70. The molecule has 2 aliphatic heterocycles. The molecule has 2 aliphatic rings. The van der Waals surface area contributed by atoms with Gasteiger partial charge in [0.15, 0.2) is 15.6 Å². The van der Waals surface area contributed by atoms with Gasteiger partial charge in [-0.1, -0.05) is 12.1 Å². The smallest absolute Gasteiger partial charge is 0.243 e. The fourth-order valence-corrected chi connectivity index (χ4v) is 6.85. The first-order valence-corrected chi connectivity index (χ1v) is 9.72. The van der Waals surface area contributed by atoms with Crippen LogP contribution in [0.1, 0.15) is 23.7 Å². The number of Topliss-reactive ketones (excluding diaryl/α,β-unsaturated/α-hetero) is 1. The Bertz CT molecular complexity index is 795. The van der Waals surface area contributed by atoms with Crippen LogP contribution >= 0.6 is 0 Å². The molecular weight excluding hydrogens is 314 g/mol. The Morgan fingerprint density at radius 2 is 1.86 bits per heavy atom. The molecule has 0 aliphatic carbocycles. The number of rotatable bonds is 3. The maximum absolute atomic E-state index is 12.6. The van der Waals surface area contributed by atoms with E-state index < -0.39 is 31.2 Å².